The number of hydrogen-bond acceptors (Lipinski definition) is 10. The number of halogens is 1. The molecule has 1 amide bonds. The van der Waals surface area contributed by atoms with Crippen molar-refractivity contribution in [2.75, 3.05) is 12.9 Å². The second kappa shape index (κ2) is 9.15. The van der Waals surface area contributed by atoms with E-state index in [0.29, 0.717) is 22.1 Å². The quantitative estimate of drug-likeness (QED) is 0.360. The third-order valence-corrected chi connectivity index (χ3v) is 8.34. The molecule has 0 radical (unpaired) electrons. The summed E-state index contributed by atoms with van der Waals surface area (Å²) in [6, 6.07) is 6.60. The van der Waals surface area contributed by atoms with Crippen molar-refractivity contribution in [3.8, 4) is 5.75 Å². The van der Waals surface area contributed by atoms with Crippen molar-refractivity contribution in [3.63, 3.8) is 0 Å². The van der Waals surface area contributed by atoms with Crippen LogP contribution in [0.5, 0.6) is 5.75 Å². The van der Waals surface area contributed by atoms with Crippen LogP contribution < -0.4 is 10.5 Å². The van der Waals surface area contributed by atoms with Gasteiger partial charge in [-0.05, 0) is 29.2 Å². The van der Waals surface area contributed by atoms with Crippen molar-refractivity contribution in [1.29, 1.82) is 0 Å². The molecule has 2 aliphatic rings. The lowest BCUT2D eigenvalue weighted by molar-refractivity contribution is -0.151. The number of ether oxygens (including phenoxy) is 2. The van der Waals surface area contributed by atoms with Crippen LogP contribution in [-0.4, -0.2) is 50.6 Å². The monoisotopic (exact) mass is 484 g/mol. The number of β-lactam (4-membered cyclic amide) rings is 1. The van der Waals surface area contributed by atoms with Gasteiger partial charge in [-0.25, -0.2) is 4.79 Å². The van der Waals surface area contributed by atoms with Crippen molar-refractivity contribution in [2.45, 2.75) is 28.1 Å². The molecule has 0 spiro atoms. The molecule has 1 fully saturated rings. The van der Waals surface area contributed by atoms with Gasteiger partial charge in [-0.2, -0.15) is 0 Å². The molecule has 1 aromatic heterocycles. The number of nitrogens with zero attached hydrogens (tertiary/aromatic N) is 3. The van der Waals surface area contributed by atoms with E-state index >= 15 is 0 Å². The van der Waals surface area contributed by atoms with Crippen molar-refractivity contribution in [2.24, 2.45) is 5.73 Å². The summed E-state index contributed by atoms with van der Waals surface area (Å²) >= 11 is 9.98. The predicted molar refractivity (Wildman–Crippen MR) is 116 cm³/mol. The van der Waals surface area contributed by atoms with Crippen molar-refractivity contribution in [1.82, 2.24) is 14.5 Å². The molecule has 3 heterocycles. The third kappa shape index (κ3) is 4.04. The van der Waals surface area contributed by atoms with Gasteiger partial charge in [0.15, 0.2) is 0 Å². The van der Waals surface area contributed by atoms with Gasteiger partial charge in [-0.3, -0.25) is 9.69 Å². The molecule has 12 heteroatoms. The Labute approximate surface area is 190 Å². The number of carbonyl (C=O) groups is 2. The largest absolute Gasteiger partial charge is 0.497 e. The second-order valence-corrected chi connectivity index (χ2v) is 9.86. The molecule has 1 aromatic carbocycles. The highest BCUT2D eigenvalue weighted by atomic mass is 35.5. The number of fused-ring (bicyclic) bond motifs is 1. The summed E-state index contributed by atoms with van der Waals surface area (Å²) in [5.74, 6) is 0.601. The normalized spacial score (nSPS) is 20.6. The molecule has 0 aliphatic carbocycles. The van der Waals surface area contributed by atoms with Crippen molar-refractivity contribution in [3.05, 3.63) is 46.1 Å². The highest BCUT2D eigenvalue weighted by molar-refractivity contribution is 8.07. The molecular formula is C18H17ClN4O4S3. The summed E-state index contributed by atoms with van der Waals surface area (Å²) in [5.41, 5.74) is 7.60. The zero-order chi connectivity index (χ0) is 21.3. The van der Waals surface area contributed by atoms with Gasteiger partial charge >= 0.3 is 5.97 Å². The van der Waals surface area contributed by atoms with E-state index < -0.39 is 12.0 Å². The van der Waals surface area contributed by atoms with E-state index in [9.17, 15) is 9.59 Å². The molecule has 2 atom stereocenters. The topological polar surface area (TPSA) is 108 Å². The lowest BCUT2D eigenvalue weighted by Crippen LogP contribution is -2.68. The standard InChI is InChI=1S/C18H17ClN4O4S3/c1-26-10-4-2-9(3-5-10)7-27-17(25)14-12(29-18-11(6-19)21-22-30-18)8-28-16-13(20)15(24)23(14)16/h2-5,13,16H,6-8,20H2,1H3/t13-,16+/m1/s1. The Kier molecular flexibility index (Phi) is 6.54. The highest BCUT2D eigenvalue weighted by Gasteiger charge is 2.52. The van der Waals surface area contributed by atoms with E-state index in [1.807, 2.05) is 12.1 Å². The van der Waals surface area contributed by atoms with E-state index in [1.165, 1.54) is 40.0 Å². The van der Waals surface area contributed by atoms with Gasteiger partial charge in [0.1, 0.15) is 39.4 Å². The molecule has 4 rings (SSSR count). The summed E-state index contributed by atoms with van der Waals surface area (Å²) in [6.07, 6.45) is 0. The van der Waals surface area contributed by atoms with Crippen LogP contribution >= 0.6 is 46.7 Å². The third-order valence-electron chi connectivity index (χ3n) is 4.56. The fraction of sp³-hybridized carbons (Fsp3) is 0.333. The number of carbonyl (C=O) groups excluding carboxylic acids is 2. The van der Waals surface area contributed by atoms with E-state index in [0.717, 1.165) is 9.77 Å². The summed E-state index contributed by atoms with van der Waals surface area (Å²) in [4.78, 5) is 27.6. The van der Waals surface area contributed by atoms with E-state index in [2.05, 4.69) is 9.59 Å². The number of benzene rings is 1. The lowest BCUT2D eigenvalue weighted by atomic mass is 10.1. The molecule has 0 saturated carbocycles. The Balaban J connectivity index is 1.57. The van der Waals surface area contributed by atoms with Gasteiger partial charge in [0, 0.05) is 10.7 Å². The summed E-state index contributed by atoms with van der Waals surface area (Å²) in [6.45, 7) is 0.0746. The number of aromatic nitrogens is 2. The number of alkyl halides is 1. The maximum Gasteiger partial charge on any atom is 0.356 e. The number of rotatable bonds is 7. The minimum atomic E-state index is -0.616. The first-order chi connectivity index (χ1) is 14.5. The summed E-state index contributed by atoms with van der Waals surface area (Å²) in [5, 5.41) is 3.73. The maximum absolute atomic E-state index is 13.0. The van der Waals surface area contributed by atoms with Gasteiger partial charge in [-0.15, -0.1) is 28.5 Å². The Hall–Kier alpha value is -1.79. The number of amides is 1. The smallest absolute Gasteiger partial charge is 0.356 e. The zero-order valence-electron chi connectivity index (χ0n) is 15.7. The fourth-order valence-corrected chi connectivity index (χ4v) is 6.61. The molecule has 1 saturated heterocycles. The van der Waals surface area contributed by atoms with Gasteiger partial charge in [-0.1, -0.05) is 28.4 Å². The number of thioether (sulfide) groups is 2. The predicted octanol–water partition coefficient (Wildman–Crippen LogP) is 2.58. The average Bonchev–Trinajstić information content (AvgIpc) is 3.24. The average molecular weight is 485 g/mol. The SMILES string of the molecule is COc1ccc(COC(=O)C2=C(Sc3snnc3CCl)CS[C@H]3[C@H](N)C(=O)N23)cc1. The first-order valence-corrected chi connectivity index (χ1v) is 12.0. The van der Waals surface area contributed by atoms with Gasteiger partial charge in [0.05, 0.1) is 13.0 Å². The number of methoxy groups -OCH3 is 1. The summed E-state index contributed by atoms with van der Waals surface area (Å²) in [7, 11) is 1.58. The first kappa shape index (κ1) is 21.4. The minimum absolute atomic E-state index is 0.0746. The van der Waals surface area contributed by atoms with Crippen LogP contribution in [-0.2, 0) is 26.8 Å². The van der Waals surface area contributed by atoms with E-state index in [-0.39, 0.29) is 29.5 Å². The molecule has 8 nitrogen and oxygen atoms in total. The maximum atomic E-state index is 13.0. The van der Waals surface area contributed by atoms with E-state index in [4.69, 9.17) is 26.8 Å². The summed E-state index contributed by atoms with van der Waals surface area (Å²) < 4.78 is 15.4. The fourth-order valence-electron chi connectivity index (χ4n) is 2.97. The molecule has 158 valence electrons. The van der Waals surface area contributed by atoms with Gasteiger partial charge < -0.3 is 15.2 Å². The minimum Gasteiger partial charge on any atom is -0.497 e. The van der Waals surface area contributed by atoms with Crippen LogP contribution in [0.4, 0.5) is 0 Å². The molecule has 0 unspecified atom stereocenters. The highest BCUT2D eigenvalue weighted by Crippen LogP contribution is 2.46. The zero-order valence-corrected chi connectivity index (χ0v) is 18.9. The van der Waals surface area contributed by atoms with Crippen LogP contribution in [0, 0.1) is 0 Å². The van der Waals surface area contributed by atoms with Crippen LogP contribution in [0.25, 0.3) is 0 Å². The molecule has 2 aliphatic heterocycles. The Morgan fingerprint density at radius 3 is 2.87 bits per heavy atom. The van der Waals surface area contributed by atoms with E-state index in [1.54, 1.807) is 19.2 Å². The van der Waals surface area contributed by atoms with Crippen LogP contribution in [0.2, 0.25) is 0 Å². The van der Waals surface area contributed by atoms with Crippen molar-refractivity contribution >= 4 is 58.5 Å². The molecule has 30 heavy (non-hydrogen) atoms. The first-order valence-electron chi connectivity index (χ1n) is 8.82. The van der Waals surface area contributed by atoms with Crippen LogP contribution in [0.1, 0.15) is 11.3 Å². The molecule has 0 bridgehead atoms. The number of esters is 1. The lowest BCUT2D eigenvalue weighted by Gasteiger charge is -2.48. The van der Waals surface area contributed by atoms with Crippen molar-refractivity contribution < 1.29 is 19.1 Å². The Morgan fingerprint density at radius 1 is 1.40 bits per heavy atom. The number of hydrogen-bond donors (Lipinski definition) is 1. The Bertz CT molecular complexity index is 998. The number of nitrogens with two attached hydrogens (primary N) is 1. The van der Waals surface area contributed by atoms with Crippen LogP contribution in [0.3, 0.4) is 0 Å². The second-order valence-electron chi connectivity index (χ2n) is 6.37. The van der Waals surface area contributed by atoms with Gasteiger partial charge in [0.25, 0.3) is 0 Å². The molecule has 2 N–H and O–H groups in total. The molecule has 2 aromatic rings. The molecular weight excluding hydrogens is 468 g/mol. The van der Waals surface area contributed by atoms with Gasteiger partial charge in [0.2, 0.25) is 5.91 Å². The Morgan fingerprint density at radius 2 is 2.17 bits per heavy atom. The van der Waals surface area contributed by atoms with Crippen LogP contribution in [0.15, 0.2) is 39.1 Å².